The monoisotopic (exact) mass is 379 g/mol. The van der Waals surface area contributed by atoms with E-state index in [0.29, 0.717) is 0 Å². The standard InChI is InChI=1S/C17H18BrNO2S/c18-13-5-3-4-12(10-13)16-8-7-14(22-16)11-19-9-2-1-6-15(19)17(20)21/h3-5,7-8,10,15H,1-2,6,9,11H2,(H,20,21). The lowest BCUT2D eigenvalue weighted by atomic mass is 10.0. The van der Waals surface area contributed by atoms with Gasteiger partial charge in [0.05, 0.1) is 0 Å². The Kier molecular flexibility index (Phi) is 4.96. The predicted octanol–water partition coefficient (Wildman–Crippen LogP) is 4.62. The largest absolute Gasteiger partial charge is 0.480 e. The van der Waals surface area contributed by atoms with Crippen molar-refractivity contribution in [2.75, 3.05) is 6.54 Å². The van der Waals surface area contributed by atoms with Crippen LogP contribution in [-0.2, 0) is 11.3 Å². The highest BCUT2D eigenvalue weighted by atomic mass is 79.9. The second-order valence-electron chi connectivity index (χ2n) is 5.60. The van der Waals surface area contributed by atoms with Gasteiger partial charge in [-0.05, 0) is 49.2 Å². The molecule has 2 aromatic rings. The Morgan fingerprint density at radius 3 is 2.95 bits per heavy atom. The molecule has 1 unspecified atom stereocenters. The zero-order chi connectivity index (χ0) is 15.5. The van der Waals surface area contributed by atoms with E-state index in [0.717, 1.165) is 36.8 Å². The maximum atomic E-state index is 11.4. The number of aliphatic carboxylic acids is 1. The highest BCUT2D eigenvalue weighted by Gasteiger charge is 2.28. The van der Waals surface area contributed by atoms with Crippen LogP contribution < -0.4 is 0 Å². The molecular weight excluding hydrogens is 362 g/mol. The average molecular weight is 380 g/mol. The minimum Gasteiger partial charge on any atom is -0.480 e. The molecule has 1 atom stereocenters. The fourth-order valence-electron chi connectivity index (χ4n) is 2.92. The quantitative estimate of drug-likeness (QED) is 0.842. The molecule has 1 aliphatic rings. The van der Waals surface area contributed by atoms with Crippen molar-refractivity contribution in [3.63, 3.8) is 0 Å². The minimum absolute atomic E-state index is 0.329. The molecular formula is C17H18BrNO2S. The normalized spacial score (nSPS) is 19.2. The van der Waals surface area contributed by atoms with E-state index in [-0.39, 0.29) is 6.04 Å². The Balaban J connectivity index is 1.75. The second-order valence-corrected chi connectivity index (χ2v) is 7.68. The third-order valence-corrected chi connectivity index (χ3v) is 5.64. The predicted molar refractivity (Wildman–Crippen MR) is 93.1 cm³/mol. The molecule has 116 valence electrons. The molecule has 0 spiro atoms. The number of benzene rings is 1. The number of nitrogens with zero attached hydrogens (tertiary/aromatic N) is 1. The molecule has 22 heavy (non-hydrogen) atoms. The van der Waals surface area contributed by atoms with Crippen molar-refractivity contribution in [1.29, 1.82) is 0 Å². The number of carboxylic acids is 1. The molecule has 0 saturated carbocycles. The maximum Gasteiger partial charge on any atom is 0.320 e. The lowest BCUT2D eigenvalue weighted by molar-refractivity contribution is -0.144. The molecule has 1 aromatic carbocycles. The molecule has 1 saturated heterocycles. The van der Waals surface area contributed by atoms with Gasteiger partial charge in [0.2, 0.25) is 0 Å². The summed E-state index contributed by atoms with van der Waals surface area (Å²) in [6, 6.07) is 12.2. The molecule has 5 heteroatoms. The zero-order valence-corrected chi connectivity index (χ0v) is 14.6. The van der Waals surface area contributed by atoms with Gasteiger partial charge in [-0.2, -0.15) is 0 Å². The summed E-state index contributed by atoms with van der Waals surface area (Å²) in [6.07, 6.45) is 2.87. The lowest BCUT2D eigenvalue weighted by Gasteiger charge is -2.32. The van der Waals surface area contributed by atoms with E-state index in [1.807, 2.05) is 12.1 Å². The second kappa shape index (κ2) is 6.94. The van der Waals surface area contributed by atoms with Gasteiger partial charge in [0.15, 0.2) is 0 Å². The molecule has 0 radical (unpaired) electrons. The van der Waals surface area contributed by atoms with Gasteiger partial charge >= 0.3 is 5.97 Å². The van der Waals surface area contributed by atoms with Crippen molar-refractivity contribution in [2.45, 2.75) is 31.8 Å². The Morgan fingerprint density at radius 2 is 2.18 bits per heavy atom. The number of likely N-dealkylation sites (tertiary alicyclic amines) is 1. The van der Waals surface area contributed by atoms with E-state index in [1.54, 1.807) is 11.3 Å². The zero-order valence-electron chi connectivity index (χ0n) is 12.2. The van der Waals surface area contributed by atoms with Gasteiger partial charge in [-0.25, -0.2) is 0 Å². The topological polar surface area (TPSA) is 40.5 Å². The van der Waals surface area contributed by atoms with Gasteiger partial charge < -0.3 is 5.11 Å². The summed E-state index contributed by atoms with van der Waals surface area (Å²) in [5.74, 6) is -0.691. The fraction of sp³-hybridized carbons (Fsp3) is 0.353. The van der Waals surface area contributed by atoms with Crippen LogP contribution >= 0.6 is 27.3 Å². The van der Waals surface area contributed by atoms with Crippen molar-refractivity contribution in [2.24, 2.45) is 0 Å². The summed E-state index contributed by atoms with van der Waals surface area (Å²) in [6.45, 7) is 1.61. The number of carbonyl (C=O) groups is 1. The molecule has 1 aliphatic heterocycles. The van der Waals surface area contributed by atoms with Gasteiger partial charge in [0, 0.05) is 20.8 Å². The summed E-state index contributed by atoms with van der Waals surface area (Å²) < 4.78 is 1.07. The lowest BCUT2D eigenvalue weighted by Crippen LogP contribution is -2.43. The van der Waals surface area contributed by atoms with Crippen molar-refractivity contribution in [3.05, 3.63) is 45.7 Å². The highest BCUT2D eigenvalue weighted by molar-refractivity contribution is 9.10. The van der Waals surface area contributed by atoms with E-state index >= 15 is 0 Å². The summed E-state index contributed by atoms with van der Waals surface area (Å²) in [7, 11) is 0. The Labute approximate surface area is 142 Å². The molecule has 0 bridgehead atoms. The molecule has 1 N–H and O–H groups in total. The highest BCUT2D eigenvalue weighted by Crippen LogP contribution is 2.31. The number of rotatable bonds is 4. The Bertz CT molecular complexity index is 670. The van der Waals surface area contributed by atoms with E-state index in [4.69, 9.17) is 0 Å². The van der Waals surface area contributed by atoms with Gasteiger partial charge in [-0.3, -0.25) is 9.69 Å². The molecule has 2 heterocycles. The fourth-order valence-corrected chi connectivity index (χ4v) is 4.35. The molecule has 1 fully saturated rings. The summed E-state index contributed by atoms with van der Waals surface area (Å²) in [4.78, 5) is 15.9. The molecule has 0 aliphatic carbocycles. The van der Waals surface area contributed by atoms with E-state index in [1.165, 1.54) is 15.3 Å². The first-order chi connectivity index (χ1) is 10.6. The number of halogens is 1. The van der Waals surface area contributed by atoms with Crippen molar-refractivity contribution in [3.8, 4) is 10.4 Å². The first-order valence-electron chi connectivity index (χ1n) is 7.45. The van der Waals surface area contributed by atoms with E-state index < -0.39 is 5.97 Å². The van der Waals surface area contributed by atoms with Crippen LogP contribution in [0.1, 0.15) is 24.1 Å². The van der Waals surface area contributed by atoms with Crippen LogP contribution in [0.5, 0.6) is 0 Å². The summed E-state index contributed by atoms with van der Waals surface area (Å²) >= 11 is 5.25. The minimum atomic E-state index is -0.691. The van der Waals surface area contributed by atoms with Gasteiger partial charge in [0.1, 0.15) is 6.04 Å². The number of hydrogen-bond donors (Lipinski definition) is 1. The van der Waals surface area contributed by atoms with Crippen LogP contribution in [0.15, 0.2) is 40.9 Å². The van der Waals surface area contributed by atoms with Gasteiger partial charge in [-0.1, -0.05) is 34.5 Å². The van der Waals surface area contributed by atoms with Crippen LogP contribution in [0, 0.1) is 0 Å². The first kappa shape index (κ1) is 15.7. The number of piperidine rings is 1. The van der Waals surface area contributed by atoms with Crippen LogP contribution in [0.3, 0.4) is 0 Å². The van der Waals surface area contributed by atoms with Gasteiger partial charge in [-0.15, -0.1) is 11.3 Å². The van der Waals surface area contributed by atoms with Crippen molar-refractivity contribution in [1.82, 2.24) is 4.90 Å². The summed E-state index contributed by atoms with van der Waals surface area (Å²) in [5, 5.41) is 9.36. The van der Waals surface area contributed by atoms with Crippen LogP contribution in [0.2, 0.25) is 0 Å². The van der Waals surface area contributed by atoms with Crippen LogP contribution in [0.4, 0.5) is 0 Å². The van der Waals surface area contributed by atoms with E-state index in [9.17, 15) is 9.90 Å². The molecule has 0 amide bonds. The number of carboxylic acid groups (broad SMARTS) is 1. The maximum absolute atomic E-state index is 11.4. The van der Waals surface area contributed by atoms with Crippen LogP contribution in [-0.4, -0.2) is 28.6 Å². The van der Waals surface area contributed by atoms with Gasteiger partial charge in [0.25, 0.3) is 0 Å². The third-order valence-electron chi connectivity index (χ3n) is 4.03. The summed E-state index contributed by atoms with van der Waals surface area (Å²) in [5.41, 5.74) is 1.19. The first-order valence-corrected chi connectivity index (χ1v) is 9.06. The molecule has 3 nitrogen and oxygen atoms in total. The SMILES string of the molecule is O=C(O)C1CCCCN1Cc1ccc(-c2cccc(Br)c2)s1. The Hall–Kier alpha value is -1.17. The average Bonchev–Trinajstić information content (AvgIpc) is 2.96. The van der Waals surface area contributed by atoms with Crippen molar-refractivity contribution >= 4 is 33.2 Å². The number of hydrogen-bond acceptors (Lipinski definition) is 3. The third kappa shape index (κ3) is 3.59. The smallest absolute Gasteiger partial charge is 0.320 e. The number of thiophene rings is 1. The van der Waals surface area contributed by atoms with Crippen LogP contribution in [0.25, 0.3) is 10.4 Å². The Morgan fingerprint density at radius 1 is 1.32 bits per heavy atom. The molecule has 3 rings (SSSR count). The van der Waals surface area contributed by atoms with Crippen molar-refractivity contribution < 1.29 is 9.90 Å². The molecule has 1 aromatic heterocycles. The van der Waals surface area contributed by atoms with E-state index in [2.05, 4.69) is 45.1 Å².